The number of hydrogen-bond donors (Lipinski definition) is 4. The van der Waals surface area contributed by atoms with Crippen LogP contribution in [0.3, 0.4) is 0 Å². The minimum Gasteiger partial charge on any atom is -0.496 e. The van der Waals surface area contributed by atoms with E-state index in [1.807, 2.05) is 37.3 Å². The molecule has 0 aromatic heterocycles. The summed E-state index contributed by atoms with van der Waals surface area (Å²) in [5.41, 5.74) is 1.44. The highest BCUT2D eigenvalue weighted by Crippen LogP contribution is 2.41. The molecule has 0 fully saturated rings. The lowest BCUT2D eigenvalue weighted by Gasteiger charge is -2.36. The lowest BCUT2D eigenvalue weighted by Crippen LogP contribution is -2.50. The van der Waals surface area contributed by atoms with Gasteiger partial charge in [-0.15, -0.1) is 0 Å². The Bertz CT molecular complexity index is 1520. The minimum absolute atomic E-state index is 0.0482. The van der Waals surface area contributed by atoms with Crippen molar-refractivity contribution in [1.29, 1.82) is 0 Å². The normalized spacial score (nSPS) is 19.5. The second-order valence-corrected chi connectivity index (χ2v) is 13.7. The summed E-state index contributed by atoms with van der Waals surface area (Å²) < 4.78 is 95.7. The summed E-state index contributed by atoms with van der Waals surface area (Å²) in [7, 11) is -6.58. The summed E-state index contributed by atoms with van der Waals surface area (Å²) in [6.07, 6.45) is -1.87. The highest BCUT2D eigenvalue weighted by Gasteiger charge is 2.42. The molecule has 0 saturated heterocycles. The summed E-state index contributed by atoms with van der Waals surface area (Å²) in [5.74, 6) is -3.84. The maximum absolute atomic E-state index is 13.9. The van der Waals surface area contributed by atoms with E-state index in [2.05, 4.69) is 17.6 Å². The lowest BCUT2D eigenvalue weighted by atomic mass is 9.87. The number of halogens is 3. The Hall–Kier alpha value is -3.21. The zero-order chi connectivity index (χ0) is 33.3. The molecule has 16 heteroatoms. The maximum Gasteiger partial charge on any atom is 0.490 e. The number of amides is 1. The fourth-order valence-electron chi connectivity index (χ4n) is 4.82. The van der Waals surface area contributed by atoms with Crippen molar-refractivity contribution < 1.29 is 54.0 Å². The van der Waals surface area contributed by atoms with Gasteiger partial charge in [-0.25, -0.2) is 13.2 Å². The number of aliphatic carboxylic acids is 1. The number of fused-ring (bicyclic) bond motifs is 1. The third-order valence-electron chi connectivity index (χ3n) is 7.11. The van der Waals surface area contributed by atoms with E-state index in [1.165, 1.54) is 7.11 Å². The Labute approximate surface area is 254 Å². The van der Waals surface area contributed by atoms with E-state index in [-0.39, 0.29) is 29.5 Å². The first kappa shape index (κ1) is 37.0. The van der Waals surface area contributed by atoms with Crippen molar-refractivity contribution in [2.75, 3.05) is 18.7 Å². The van der Waals surface area contributed by atoms with Crippen LogP contribution < -0.4 is 15.4 Å². The minimum atomic E-state index is -5.08. The van der Waals surface area contributed by atoms with Crippen molar-refractivity contribution in [3.63, 3.8) is 0 Å². The van der Waals surface area contributed by atoms with E-state index < -0.39 is 49.4 Å². The smallest absolute Gasteiger partial charge is 0.490 e. The second-order valence-electron chi connectivity index (χ2n) is 10.3. The average molecular weight is 667 g/mol. The van der Waals surface area contributed by atoms with E-state index in [0.717, 1.165) is 18.4 Å². The van der Waals surface area contributed by atoms with Gasteiger partial charge in [0.2, 0.25) is 5.91 Å². The molecule has 0 radical (unpaired) electrons. The third-order valence-corrected chi connectivity index (χ3v) is 9.58. The molecule has 0 bridgehead atoms. The fourth-order valence-corrected chi connectivity index (χ4v) is 7.34. The number of carbonyl (C=O) groups excluding carboxylic acids is 1. The van der Waals surface area contributed by atoms with Gasteiger partial charge in [-0.1, -0.05) is 57.0 Å². The van der Waals surface area contributed by atoms with Gasteiger partial charge in [-0.2, -0.15) is 21.6 Å². The quantitative estimate of drug-likeness (QED) is 0.256. The monoisotopic (exact) mass is 666 g/mol. The van der Waals surface area contributed by atoms with Crippen LogP contribution >= 0.6 is 0 Å². The number of benzene rings is 2. The van der Waals surface area contributed by atoms with E-state index in [4.69, 9.17) is 19.2 Å². The van der Waals surface area contributed by atoms with Crippen LogP contribution in [-0.2, 0) is 36.0 Å². The predicted octanol–water partition coefficient (Wildman–Crippen LogP) is 4.03. The average Bonchev–Trinajstić information content (AvgIpc) is 3.05. The Morgan fingerprint density at radius 3 is 2.27 bits per heavy atom. The van der Waals surface area contributed by atoms with Gasteiger partial charge in [0.1, 0.15) is 11.6 Å². The first-order valence-electron chi connectivity index (χ1n) is 13.7. The summed E-state index contributed by atoms with van der Waals surface area (Å²) in [4.78, 5) is 21.2. The second kappa shape index (κ2) is 15.2. The number of aryl methyl sites for hydroxylation is 1. The van der Waals surface area contributed by atoms with Crippen LogP contribution in [-0.4, -0.2) is 68.8 Å². The van der Waals surface area contributed by atoms with E-state index >= 15 is 0 Å². The van der Waals surface area contributed by atoms with Gasteiger partial charge >= 0.3 is 12.1 Å². The summed E-state index contributed by atoms with van der Waals surface area (Å²) in [6, 6.07) is 12.6. The number of carboxylic acid groups (broad SMARTS) is 1. The Morgan fingerprint density at radius 1 is 1.16 bits per heavy atom. The number of carbonyl (C=O) groups is 2. The van der Waals surface area contributed by atoms with Crippen molar-refractivity contribution in [1.82, 2.24) is 10.6 Å². The number of alkyl halides is 3. The third kappa shape index (κ3) is 10.5. The SMILES string of the molecule is CCCC[C@]1(CC)CS(=O)(=O)c2cc(CCC(=O)NCS(=O)(=O)O)c(OC)cc2[C@@H](c2ccccc2)N1.O=C(O)C(F)(F)F. The van der Waals surface area contributed by atoms with Crippen LogP contribution in [0.15, 0.2) is 47.4 Å². The zero-order valence-electron chi connectivity index (χ0n) is 24.5. The topological polar surface area (TPSA) is 176 Å². The number of carboxylic acids is 1. The number of methoxy groups -OCH3 is 1. The zero-order valence-corrected chi connectivity index (χ0v) is 26.1. The molecule has 3 rings (SSSR count). The van der Waals surface area contributed by atoms with Crippen molar-refractivity contribution in [2.24, 2.45) is 0 Å². The Morgan fingerprint density at radius 2 is 1.77 bits per heavy atom. The van der Waals surface area contributed by atoms with Gasteiger partial charge < -0.3 is 15.2 Å². The summed E-state index contributed by atoms with van der Waals surface area (Å²) >= 11 is 0. The Balaban J connectivity index is 0.000000860. The molecule has 4 N–H and O–H groups in total. The molecule has 0 saturated carbocycles. The molecular weight excluding hydrogens is 629 g/mol. The van der Waals surface area contributed by atoms with Gasteiger partial charge in [0.15, 0.2) is 9.84 Å². The standard InChI is InChI=1S/C26H36N2O7S2.C2HF3O2/c1-4-6-14-26(5-2)17-36(30,31)23-15-20(12-13-24(29)27-18-37(32,33)34)22(35-3)16-21(23)25(28-26)19-10-8-7-9-11-19;3-2(4,5)1(6)7/h7-11,15-16,25,28H,4-6,12-14,17-18H2,1-3H3,(H,27,29)(H,32,33,34);(H,6,7)/t25-,26-;/m1./s1. The molecule has 1 aliphatic rings. The number of unbranched alkanes of at least 4 members (excludes halogenated alkanes) is 1. The molecule has 1 heterocycles. The molecular formula is C28H37F3N2O9S2. The maximum atomic E-state index is 13.9. The highest BCUT2D eigenvalue weighted by atomic mass is 32.2. The van der Waals surface area contributed by atoms with Crippen molar-refractivity contribution >= 4 is 31.8 Å². The van der Waals surface area contributed by atoms with E-state index in [0.29, 0.717) is 29.7 Å². The van der Waals surface area contributed by atoms with Crippen LogP contribution in [0.4, 0.5) is 13.2 Å². The van der Waals surface area contributed by atoms with Gasteiger partial charge in [-0.3, -0.25) is 14.7 Å². The molecule has 44 heavy (non-hydrogen) atoms. The molecule has 2 aromatic carbocycles. The van der Waals surface area contributed by atoms with E-state index in [9.17, 15) is 34.8 Å². The largest absolute Gasteiger partial charge is 0.496 e. The predicted molar refractivity (Wildman–Crippen MR) is 156 cm³/mol. The van der Waals surface area contributed by atoms with Crippen LogP contribution in [0.2, 0.25) is 0 Å². The molecule has 1 amide bonds. The van der Waals surface area contributed by atoms with E-state index in [1.54, 1.807) is 12.1 Å². The fraction of sp³-hybridized carbons (Fsp3) is 0.500. The molecule has 0 spiro atoms. The summed E-state index contributed by atoms with van der Waals surface area (Å²) in [6.45, 7) is 4.09. The van der Waals surface area contributed by atoms with Gasteiger partial charge in [0, 0.05) is 12.0 Å². The van der Waals surface area contributed by atoms with Gasteiger partial charge in [0.05, 0.1) is 23.8 Å². The van der Waals surface area contributed by atoms with Crippen molar-refractivity contribution in [3.05, 3.63) is 59.2 Å². The van der Waals surface area contributed by atoms with Gasteiger partial charge in [0.25, 0.3) is 10.1 Å². The van der Waals surface area contributed by atoms with Crippen LogP contribution in [0.1, 0.15) is 68.7 Å². The molecule has 11 nitrogen and oxygen atoms in total. The molecule has 1 aliphatic heterocycles. The van der Waals surface area contributed by atoms with Crippen LogP contribution in [0, 0.1) is 0 Å². The van der Waals surface area contributed by atoms with Crippen LogP contribution in [0.25, 0.3) is 0 Å². The number of ether oxygens (including phenoxy) is 1. The lowest BCUT2D eigenvalue weighted by molar-refractivity contribution is -0.192. The first-order chi connectivity index (χ1) is 20.4. The molecule has 2 aromatic rings. The number of nitrogens with one attached hydrogen (secondary N) is 2. The number of sulfone groups is 1. The van der Waals surface area contributed by atoms with Crippen molar-refractivity contribution in [2.45, 2.75) is 75.0 Å². The highest BCUT2D eigenvalue weighted by molar-refractivity contribution is 7.91. The molecule has 0 unspecified atom stereocenters. The molecule has 246 valence electrons. The molecule has 2 atom stereocenters. The Kier molecular flexibility index (Phi) is 12.8. The first-order valence-corrected chi connectivity index (χ1v) is 16.9. The summed E-state index contributed by atoms with van der Waals surface area (Å²) in [5, 5.41) is 13.0. The molecule has 0 aliphatic carbocycles. The van der Waals surface area contributed by atoms with Crippen molar-refractivity contribution in [3.8, 4) is 5.75 Å². The number of hydrogen-bond acceptors (Lipinski definition) is 8. The van der Waals surface area contributed by atoms with Gasteiger partial charge in [-0.05, 0) is 48.1 Å². The number of rotatable bonds is 11. The van der Waals surface area contributed by atoms with Crippen LogP contribution in [0.5, 0.6) is 5.75 Å².